The number of anilines is 1. The molecule has 2 aromatic carbocycles. The Labute approximate surface area is 253 Å². The maximum absolute atomic E-state index is 13.7. The number of carbonyl (C=O) groups excluding carboxylic acids is 1. The summed E-state index contributed by atoms with van der Waals surface area (Å²) < 4.78 is 8.62. The number of para-hydroxylation sites is 2. The molecule has 0 bridgehead atoms. The summed E-state index contributed by atoms with van der Waals surface area (Å²) in [6.07, 6.45) is 15.8. The predicted octanol–water partition coefficient (Wildman–Crippen LogP) is 10.0. The standard InChI is InChI=1S/C36H52N2O2S/c1-6-7-8-9-10-11-12-13-14-15-16-19-25-40-34-31(22-20-23-32(34)36(3,4)5)35(39)37-33-24-18-17-21-30(33)26-38-28-41-27-29(38)2/h17-18,20-24,27-28H,6-16,19,25-26H2,1-5H3/p+1. The van der Waals surface area contributed by atoms with Gasteiger partial charge in [-0.3, -0.25) is 4.79 Å². The summed E-state index contributed by atoms with van der Waals surface area (Å²) in [4.78, 5) is 13.7. The molecule has 0 saturated carbocycles. The number of rotatable bonds is 18. The van der Waals surface area contributed by atoms with Crippen molar-refractivity contribution in [2.24, 2.45) is 0 Å². The van der Waals surface area contributed by atoms with Gasteiger partial charge in [-0.25, -0.2) is 0 Å². The number of unbranched alkanes of at least 4 members (excludes halogenated alkanes) is 11. The van der Waals surface area contributed by atoms with E-state index in [2.05, 4.69) is 67.5 Å². The van der Waals surface area contributed by atoms with E-state index in [1.807, 2.05) is 30.3 Å². The SMILES string of the molecule is CCCCCCCCCCCCCCOc1c(C(=O)Nc2ccccc2C[n+]2cscc2C)cccc1C(C)(C)C. The molecule has 0 aliphatic rings. The first-order chi connectivity index (χ1) is 19.8. The molecule has 5 heteroatoms. The maximum atomic E-state index is 13.7. The lowest BCUT2D eigenvalue weighted by Crippen LogP contribution is -2.34. The topological polar surface area (TPSA) is 42.2 Å². The number of aromatic nitrogens is 1. The molecule has 3 aromatic rings. The summed E-state index contributed by atoms with van der Waals surface area (Å²) in [7, 11) is 0. The van der Waals surface area contributed by atoms with Crippen LogP contribution < -0.4 is 14.6 Å². The number of ether oxygens (including phenoxy) is 1. The van der Waals surface area contributed by atoms with Gasteiger partial charge in [0, 0.05) is 18.1 Å². The van der Waals surface area contributed by atoms with Crippen LogP contribution in [0.2, 0.25) is 0 Å². The average molecular weight is 578 g/mol. The highest BCUT2D eigenvalue weighted by Gasteiger charge is 2.25. The molecule has 0 radical (unpaired) electrons. The number of hydrogen-bond donors (Lipinski definition) is 1. The number of amides is 1. The summed E-state index contributed by atoms with van der Waals surface area (Å²) >= 11 is 1.69. The van der Waals surface area contributed by atoms with Crippen LogP contribution in [0.4, 0.5) is 5.69 Å². The van der Waals surface area contributed by atoms with Gasteiger partial charge in [-0.05, 0) is 24.0 Å². The first kappa shape index (κ1) is 32.8. The van der Waals surface area contributed by atoms with Crippen LogP contribution in [0.5, 0.6) is 5.75 Å². The zero-order valence-corrected chi connectivity index (χ0v) is 27.1. The quantitative estimate of drug-likeness (QED) is 0.121. The molecular weight excluding hydrogens is 524 g/mol. The van der Waals surface area contributed by atoms with Gasteiger partial charge in [0.2, 0.25) is 5.51 Å². The third kappa shape index (κ3) is 10.9. The van der Waals surface area contributed by atoms with Crippen molar-refractivity contribution in [2.45, 2.75) is 124 Å². The Kier molecular flexibility index (Phi) is 13.9. The van der Waals surface area contributed by atoms with Crippen LogP contribution in [-0.4, -0.2) is 12.5 Å². The van der Waals surface area contributed by atoms with E-state index in [4.69, 9.17) is 4.74 Å². The minimum Gasteiger partial charge on any atom is -0.492 e. The van der Waals surface area contributed by atoms with Gasteiger partial charge in [0.25, 0.3) is 5.91 Å². The van der Waals surface area contributed by atoms with Crippen molar-refractivity contribution in [2.75, 3.05) is 11.9 Å². The van der Waals surface area contributed by atoms with Gasteiger partial charge in [-0.2, -0.15) is 4.57 Å². The van der Waals surface area contributed by atoms with Gasteiger partial charge in [-0.1, -0.05) is 140 Å². The molecular formula is C36H53N2O2S+. The van der Waals surface area contributed by atoms with E-state index in [1.165, 1.54) is 76.3 Å². The maximum Gasteiger partial charge on any atom is 0.259 e. The van der Waals surface area contributed by atoms with E-state index in [1.54, 1.807) is 11.3 Å². The fourth-order valence-electron chi connectivity index (χ4n) is 5.25. The Hall–Kier alpha value is -2.66. The van der Waals surface area contributed by atoms with Crippen LogP contribution in [0.1, 0.15) is 132 Å². The highest BCUT2D eigenvalue weighted by atomic mass is 32.1. The monoisotopic (exact) mass is 577 g/mol. The molecule has 1 heterocycles. The van der Waals surface area contributed by atoms with Crippen molar-refractivity contribution in [3.05, 3.63) is 75.7 Å². The number of hydrogen-bond acceptors (Lipinski definition) is 3. The summed E-state index contributed by atoms with van der Waals surface area (Å²) in [5.41, 5.74) is 6.78. The second-order valence-electron chi connectivity index (χ2n) is 12.4. The molecule has 1 aromatic heterocycles. The smallest absolute Gasteiger partial charge is 0.259 e. The van der Waals surface area contributed by atoms with E-state index in [-0.39, 0.29) is 11.3 Å². The Bertz CT molecular complexity index is 1190. The fraction of sp³-hybridized carbons (Fsp3) is 0.556. The van der Waals surface area contributed by atoms with Crippen LogP contribution in [0, 0.1) is 6.92 Å². The van der Waals surface area contributed by atoms with Crippen LogP contribution in [0.25, 0.3) is 0 Å². The number of nitrogens with zero attached hydrogens (tertiary/aromatic N) is 1. The lowest BCUT2D eigenvalue weighted by molar-refractivity contribution is -0.689. The van der Waals surface area contributed by atoms with Gasteiger partial charge in [0.05, 0.1) is 23.2 Å². The second kappa shape index (κ2) is 17.3. The van der Waals surface area contributed by atoms with E-state index in [0.717, 1.165) is 35.5 Å². The molecule has 0 fully saturated rings. The number of nitrogens with one attached hydrogen (secondary N) is 1. The lowest BCUT2D eigenvalue weighted by atomic mass is 9.85. The molecule has 41 heavy (non-hydrogen) atoms. The molecule has 1 N–H and O–H groups in total. The molecule has 0 saturated heterocycles. The second-order valence-corrected chi connectivity index (χ2v) is 13.1. The van der Waals surface area contributed by atoms with E-state index in [9.17, 15) is 4.79 Å². The molecule has 224 valence electrons. The summed E-state index contributed by atoms with van der Waals surface area (Å²) in [5, 5.41) is 5.34. The normalized spacial score (nSPS) is 11.5. The van der Waals surface area contributed by atoms with Gasteiger partial charge < -0.3 is 10.1 Å². The minimum atomic E-state index is -0.132. The van der Waals surface area contributed by atoms with Crippen molar-refractivity contribution in [1.29, 1.82) is 0 Å². The van der Waals surface area contributed by atoms with E-state index in [0.29, 0.717) is 12.2 Å². The molecule has 4 nitrogen and oxygen atoms in total. The van der Waals surface area contributed by atoms with Crippen molar-refractivity contribution < 1.29 is 14.1 Å². The number of benzene rings is 2. The van der Waals surface area contributed by atoms with Gasteiger partial charge in [-0.15, -0.1) is 0 Å². The average Bonchev–Trinajstić information content (AvgIpc) is 3.35. The van der Waals surface area contributed by atoms with Gasteiger partial charge in [0.1, 0.15) is 5.75 Å². The lowest BCUT2D eigenvalue weighted by Gasteiger charge is -2.25. The van der Waals surface area contributed by atoms with Crippen LogP contribution in [0.15, 0.2) is 53.4 Å². The molecule has 0 spiro atoms. The minimum absolute atomic E-state index is 0.125. The van der Waals surface area contributed by atoms with Crippen molar-refractivity contribution in [3.8, 4) is 5.75 Å². The Balaban J connectivity index is 1.56. The Morgan fingerprint density at radius 2 is 1.49 bits per heavy atom. The zero-order valence-electron chi connectivity index (χ0n) is 26.3. The molecule has 0 aliphatic heterocycles. The largest absolute Gasteiger partial charge is 0.492 e. The van der Waals surface area contributed by atoms with Gasteiger partial charge >= 0.3 is 0 Å². The highest BCUT2D eigenvalue weighted by molar-refractivity contribution is 7.07. The Morgan fingerprint density at radius 3 is 2.10 bits per heavy atom. The molecule has 0 atom stereocenters. The third-order valence-corrected chi connectivity index (χ3v) is 8.65. The number of thiazole rings is 1. The highest BCUT2D eigenvalue weighted by Crippen LogP contribution is 2.35. The zero-order chi connectivity index (χ0) is 29.5. The van der Waals surface area contributed by atoms with E-state index < -0.39 is 0 Å². The Morgan fingerprint density at radius 1 is 0.854 bits per heavy atom. The van der Waals surface area contributed by atoms with Crippen molar-refractivity contribution in [1.82, 2.24) is 0 Å². The van der Waals surface area contributed by atoms with Crippen LogP contribution in [-0.2, 0) is 12.0 Å². The van der Waals surface area contributed by atoms with Crippen molar-refractivity contribution in [3.63, 3.8) is 0 Å². The molecule has 1 amide bonds. The first-order valence-electron chi connectivity index (χ1n) is 15.9. The molecule has 0 aliphatic carbocycles. The molecule has 0 unspecified atom stereocenters. The number of aryl methyl sites for hydroxylation is 1. The third-order valence-electron chi connectivity index (χ3n) is 7.80. The van der Waals surface area contributed by atoms with Crippen LogP contribution >= 0.6 is 11.3 Å². The summed E-state index contributed by atoms with van der Waals surface area (Å²) in [6, 6.07) is 14.0. The predicted molar refractivity (Wildman–Crippen MR) is 174 cm³/mol. The summed E-state index contributed by atoms with van der Waals surface area (Å²) in [6.45, 7) is 12.3. The number of carbonyl (C=O) groups is 1. The molecule has 3 rings (SSSR count). The van der Waals surface area contributed by atoms with E-state index >= 15 is 0 Å². The van der Waals surface area contributed by atoms with Crippen molar-refractivity contribution >= 4 is 22.9 Å². The summed E-state index contributed by atoms with van der Waals surface area (Å²) in [5.74, 6) is 0.599. The fourth-order valence-corrected chi connectivity index (χ4v) is 6.03. The van der Waals surface area contributed by atoms with Gasteiger partial charge in [0.15, 0.2) is 12.2 Å². The van der Waals surface area contributed by atoms with Crippen LogP contribution in [0.3, 0.4) is 0 Å². The first-order valence-corrected chi connectivity index (χ1v) is 16.8.